The van der Waals surface area contributed by atoms with E-state index < -0.39 is 0 Å². The Kier molecular flexibility index (Phi) is 1.61. The summed E-state index contributed by atoms with van der Waals surface area (Å²) in [6, 6.07) is 0. The van der Waals surface area contributed by atoms with Crippen molar-refractivity contribution in [2.45, 2.75) is 34.1 Å². The van der Waals surface area contributed by atoms with Gasteiger partial charge >= 0.3 is 0 Å². The van der Waals surface area contributed by atoms with Crippen LogP contribution in [0.1, 0.15) is 34.1 Å². The standard InChI is InChI=1S/C9H16O/c1-6(10)7-5-8(7)9(2,3)4/h7-8H,5H2,1-4H3/t7?,8-/m0/s1. The van der Waals surface area contributed by atoms with Gasteiger partial charge in [-0.15, -0.1) is 0 Å². The Balaban J connectivity index is 2.46. The van der Waals surface area contributed by atoms with Crippen LogP contribution in [0.5, 0.6) is 0 Å². The minimum atomic E-state index is 0.344. The van der Waals surface area contributed by atoms with Gasteiger partial charge in [-0.05, 0) is 24.7 Å². The normalized spacial score (nSPS) is 32.0. The monoisotopic (exact) mass is 140 g/mol. The molecule has 1 aliphatic carbocycles. The zero-order valence-corrected chi connectivity index (χ0v) is 7.27. The molecule has 1 nitrogen and oxygen atoms in total. The van der Waals surface area contributed by atoms with Crippen molar-refractivity contribution >= 4 is 5.78 Å². The van der Waals surface area contributed by atoms with Gasteiger partial charge in [0.1, 0.15) is 5.78 Å². The highest BCUT2D eigenvalue weighted by atomic mass is 16.1. The summed E-state index contributed by atoms with van der Waals surface area (Å²) in [7, 11) is 0. The average Bonchev–Trinajstić information content (AvgIpc) is 2.35. The number of carbonyl (C=O) groups is 1. The van der Waals surface area contributed by atoms with Gasteiger partial charge in [0.15, 0.2) is 0 Å². The number of hydrogen-bond donors (Lipinski definition) is 0. The van der Waals surface area contributed by atoms with Gasteiger partial charge in [-0.3, -0.25) is 4.79 Å². The molecular weight excluding hydrogens is 124 g/mol. The fourth-order valence-electron chi connectivity index (χ4n) is 1.60. The van der Waals surface area contributed by atoms with E-state index >= 15 is 0 Å². The molecule has 1 unspecified atom stereocenters. The summed E-state index contributed by atoms with van der Waals surface area (Å²) < 4.78 is 0. The molecule has 1 rings (SSSR count). The largest absolute Gasteiger partial charge is 0.300 e. The van der Waals surface area contributed by atoms with Gasteiger partial charge in [0.25, 0.3) is 0 Å². The van der Waals surface area contributed by atoms with Crippen LogP contribution in [0.4, 0.5) is 0 Å². The van der Waals surface area contributed by atoms with E-state index in [9.17, 15) is 4.79 Å². The van der Waals surface area contributed by atoms with Crippen LogP contribution in [0.25, 0.3) is 0 Å². The highest BCUT2D eigenvalue weighted by Crippen LogP contribution is 2.50. The topological polar surface area (TPSA) is 17.1 Å². The van der Waals surface area contributed by atoms with Crippen LogP contribution in [-0.2, 0) is 4.79 Å². The fraction of sp³-hybridized carbons (Fsp3) is 0.889. The minimum absolute atomic E-state index is 0.344. The summed E-state index contributed by atoms with van der Waals surface area (Å²) in [5.41, 5.74) is 0.344. The van der Waals surface area contributed by atoms with Gasteiger partial charge in [-0.1, -0.05) is 20.8 Å². The Hall–Kier alpha value is -0.330. The maximum atomic E-state index is 10.9. The molecule has 0 aromatic heterocycles. The first-order valence-electron chi connectivity index (χ1n) is 3.93. The maximum absolute atomic E-state index is 10.9. The molecule has 1 saturated carbocycles. The van der Waals surface area contributed by atoms with E-state index in [4.69, 9.17) is 0 Å². The Morgan fingerprint density at radius 2 is 1.90 bits per heavy atom. The zero-order chi connectivity index (χ0) is 7.94. The van der Waals surface area contributed by atoms with Crippen molar-refractivity contribution in [3.05, 3.63) is 0 Å². The Morgan fingerprint density at radius 1 is 1.40 bits per heavy atom. The van der Waals surface area contributed by atoms with E-state index in [1.165, 1.54) is 0 Å². The first kappa shape index (κ1) is 7.77. The van der Waals surface area contributed by atoms with Crippen LogP contribution in [-0.4, -0.2) is 5.78 Å². The van der Waals surface area contributed by atoms with Crippen molar-refractivity contribution in [1.82, 2.24) is 0 Å². The molecule has 0 amide bonds. The van der Waals surface area contributed by atoms with Crippen molar-refractivity contribution in [3.8, 4) is 0 Å². The van der Waals surface area contributed by atoms with Crippen molar-refractivity contribution in [2.24, 2.45) is 17.3 Å². The van der Waals surface area contributed by atoms with Gasteiger partial charge in [-0.25, -0.2) is 0 Å². The van der Waals surface area contributed by atoms with Crippen molar-refractivity contribution in [2.75, 3.05) is 0 Å². The zero-order valence-electron chi connectivity index (χ0n) is 7.27. The first-order chi connectivity index (χ1) is 4.43. The predicted molar refractivity (Wildman–Crippen MR) is 41.7 cm³/mol. The van der Waals surface area contributed by atoms with Crippen LogP contribution in [0.3, 0.4) is 0 Å². The van der Waals surface area contributed by atoms with Gasteiger partial charge in [0.2, 0.25) is 0 Å². The van der Waals surface area contributed by atoms with Crippen LogP contribution in [0, 0.1) is 17.3 Å². The summed E-state index contributed by atoms with van der Waals surface area (Å²) >= 11 is 0. The Morgan fingerprint density at radius 3 is 2.00 bits per heavy atom. The number of ketones is 1. The third-order valence-electron chi connectivity index (χ3n) is 2.42. The van der Waals surface area contributed by atoms with Crippen LogP contribution in [0.2, 0.25) is 0 Å². The Bertz CT molecular complexity index is 153. The molecule has 2 atom stereocenters. The molecule has 10 heavy (non-hydrogen) atoms. The average molecular weight is 140 g/mol. The summed E-state index contributed by atoms with van der Waals surface area (Å²) in [6.45, 7) is 8.33. The molecule has 0 aromatic rings. The first-order valence-corrected chi connectivity index (χ1v) is 3.93. The third-order valence-corrected chi connectivity index (χ3v) is 2.42. The number of hydrogen-bond acceptors (Lipinski definition) is 1. The molecule has 0 spiro atoms. The van der Waals surface area contributed by atoms with Crippen LogP contribution in [0.15, 0.2) is 0 Å². The van der Waals surface area contributed by atoms with Gasteiger partial charge < -0.3 is 0 Å². The summed E-state index contributed by atoms with van der Waals surface area (Å²) in [5, 5.41) is 0. The van der Waals surface area contributed by atoms with E-state index in [0.717, 1.165) is 6.42 Å². The Labute approximate surface area is 62.8 Å². The molecule has 0 aliphatic heterocycles. The lowest BCUT2D eigenvalue weighted by atomic mass is 9.88. The van der Waals surface area contributed by atoms with Crippen LogP contribution >= 0.6 is 0 Å². The summed E-state index contributed by atoms with van der Waals surface area (Å²) in [4.78, 5) is 10.9. The number of Topliss-reactive ketones (excluding diaryl/α,β-unsaturated/α-hetero) is 1. The van der Waals surface area contributed by atoms with E-state index in [2.05, 4.69) is 20.8 Å². The molecule has 1 heteroatoms. The number of rotatable bonds is 1. The molecule has 0 heterocycles. The summed E-state index contributed by atoms with van der Waals surface area (Å²) in [5.74, 6) is 1.42. The molecule has 0 radical (unpaired) electrons. The second-order valence-corrected chi connectivity index (χ2v) is 4.43. The third kappa shape index (κ3) is 1.39. The molecule has 58 valence electrons. The highest BCUT2D eigenvalue weighted by molar-refractivity contribution is 5.81. The minimum Gasteiger partial charge on any atom is -0.300 e. The van der Waals surface area contributed by atoms with E-state index in [-0.39, 0.29) is 0 Å². The molecule has 0 bridgehead atoms. The summed E-state index contributed by atoms with van der Waals surface area (Å²) in [6.07, 6.45) is 1.12. The molecule has 1 aliphatic rings. The van der Waals surface area contributed by atoms with Crippen molar-refractivity contribution in [3.63, 3.8) is 0 Å². The van der Waals surface area contributed by atoms with E-state index in [1.54, 1.807) is 6.92 Å². The SMILES string of the molecule is CC(=O)C1C[C@@H]1C(C)(C)C. The fourth-order valence-corrected chi connectivity index (χ4v) is 1.60. The van der Waals surface area contributed by atoms with Gasteiger partial charge in [0, 0.05) is 5.92 Å². The van der Waals surface area contributed by atoms with E-state index in [1.807, 2.05) is 0 Å². The molecular formula is C9H16O. The lowest BCUT2D eigenvalue weighted by Crippen LogP contribution is -2.11. The van der Waals surface area contributed by atoms with Crippen LogP contribution < -0.4 is 0 Å². The predicted octanol–water partition coefficient (Wildman–Crippen LogP) is 2.26. The van der Waals surface area contributed by atoms with Crippen molar-refractivity contribution < 1.29 is 4.79 Å². The molecule has 1 fully saturated rings. The molecule has 0 N–H and O–H groups in total. The van der Waals surface area contributed by atoms with Crippen molar-refractivity contribution in [1.29, 1.82) is 0 Å². The lowest BCUT2D eigenvalue weighted by molar-refractivity contribution is -0.118. The second kappa shape index (κ2) is 2.08. The molecule has 0 aromatic carbocycles. The van der Waals surface area contributed by atoms with E-state index in [0.29, 0.717) is 23.0 Å². The molecule has 0 saturated heterocycles. The smallest absolute Gasteiger partial charge is 0.133 e. The maximum Gasteiger partial charge on any atom is 0.133 e. The lowest BCUT2D eigenvalue weighted by Gasteiger charge is -2.17. The highest BCUT2D eigenvalue weighted by Gasteiger charge is 2.47. The van der Waals surface area contributed by atoms with Gasteiger partial charge in [0.05, 0.1) is 0 Å². The number of carbonyl (C=O) groups excluding carboxylic acids is 1. The quantitative estimate of drug-likeness (QED) is 0.546. The van der Waals surface area contributed by atoms with Gasteiger partial charge in [-0.2, -0.15) is 0 Å². The second-order valence-electron chi connectivity index (χ2n) is 4.43.